The minimum absolute atomic E-state index is 0.233. The zero-order valence-electron chi connectivity index (χ0n) is 11.9. The molecule has 3 aromatic rings. The molecule has 0 aliphatic rings. The van der Waals surface area contributed by atoms with Gasteiger partial charge in [-0.1, -0.05) is 42.5 Å². The fraction of sp³-hybridized carbons (Fsp3) is 0.0625. The molecule has 2 N–H and O–H groups in total. The van der Waals surface area contributed by atoms with E-state index in [1.54, 1.807) is 19.2 Å². The van der Waals surface area contributed by atoms with E-state index in [0.717, 1.165) is 5.56 Å². The summed E-state index contributed by atoms with van der Waals surface area (Å²) >= 11 is 0. The summed E-state index contributed by atoms with van der Waals surface area (Å²) < 4.78 is 5.22. The highest BCUT2D eigenvalue weighted by Gasteiger charge is 2.18. The maximum atomic E-state index is 12.4. The van der Waals surface area contributed by atoms with Gasteiger partial charge in [-0.05, 0) is 12.1 Å². The van der Waals surface area contributed by atoms with Gasteiger partial charge in [-0.2, -0.15) is 15.4 Å². The molecule has 0 aliphatic carbocycles. The van der Waals surface area contributed by atoms with E-state index < -0.39 is 0 Å². The second-order valence-corrected chi connectivity index (χ2v) is 4.54. The van der Waals surface area contributed by atoms with E-state index in [0.29, 0.717) is 17.1 Å². The van der Waals surface area contributed by atoms with E-state index in [4.69, 9.17) is 4.74 Å². The normalized spacial score (nSPS) is 10.2. The molecule has 0 radical (unpaired) electrons. The van der Waals surface area contributed by atoms with Crippen LogP contribution in [0.1, 0.15) is 10.5 Å². The Hall–Kier alpha value is -3.15. The van der Waals surface area contributed by atoms with Crippen molar-refractivity contribution in [2.24, 2.45) is 0 Å². The molecule has 0 aliphatic heterocycles. The number of aromatic nitrogens is 3. The highest BCUT2D eigenvalue weighted by molar-refractivity contribution is 6.07. The predicted molar refractivity (Wildman–Crippen MR) is 82.8 cm³/mol. The largest absolute Gasteiger partial charge is 0.495 e. The topological polar surface area (TPSA) is 79.9 Å². The Morgan fingerprint density at radius 3 is 2.55 bits per heavy atom. The van der Waals surface area contributed by atoms with Gasteiger partial charge in [-0.25, -0.2) is 0 Å². The first-order valence-corrected chi connectivity index (χ1v) is 6.70. The number of ether oxygens (including phenoxy) is 1. The number of hydrogen-bond acceptors (Lipinski definition) is 4. The number of H-pyrrole nitrogens is 1. The summed E-state index contributed by atoms with van der Waals surface area (Å²) in [7, 11) is 1.55. The number of amides is 1. The molecule has 0 fully saturated rings. The molecule has 0 unspecified atom stereocenters. The zero-order chi connectivity index (χ0) is 15.4. The molecule has 0 spiro atoms. The number of carbonyl (C=O) groups is 1. The number of nitrogens with one attached hydrogen (secondary N) is 2. The van der Waals surface area contributed by atoms with Gasteiger partial charge in [0, 0.05) is 5.56 Å². The van der Waals surface area contributed by atoms with E-state index >= 15 is 0 Å². The number of aromatic amines is 1. The molecule has 0 atom stereocenters. The number of methoxy groups -OCH3 is 1. The summed E-state index contributed by atoms with van der Waals surface area (Å²) in [4.78, 5) is 12.4. The van der Waals surface area contributed by atoms with Crippen LogP contribution in [-0.4, -0.2) is 28.4 Å². The number of benzene rings is 2. The molecule has 3 rings (SSSR count). The van der Waals surface area contributed by atoms with Crippen molar-refractivity contribution in [2.75, 3.05) is 12.4 Å². The molecule has 0 saturated heterocycles. The first kappa shape index (κ1) is 13.8. The molecule has 1 aromatic heterocycles. The smallest absolute Gasteiger partial charge is 0.278 e. The van der Waals surface area contributed by atoms with Crippen molar-refractivity contribution in [3.63, 3.8) is 0 Å². The Balaban J connectivity index is 1.90. The number of carbonyl (C=O) groups excluding carboxylic acids is 1. The van der Waals surface area contributed by atoms with Gasteiger partial charge in [0.25, 0.3) is 5.91 Å². The van der Waals surface area contributed by atoms with E-state index in [-0.39, 0.29) is 11.6 Å². The third kappa shape index (κ3) is 2.67. The minimum Gasteiger partial charge on any atom is -0.495 e. The zero-order valence-corrected chi connectivity index (χ0v) is 11.9. The SMILES string of the molecule is COc1ccccc1NC(=O)c1n[nH]nc1-c1ccccc1. The van der Waals surface area contributed by atoms with Crippen LogP contribution in [0.5, 0.6) is 5.75 Å². The molecular weight excluding hydrogens is 280 g/mol. The summed E-state index contributed by atoms with van der Waals surface area (Å²) in [5.41, 5.74) is 2.14. The van der Waals surface area contributed by atoms with Gasteiger partial charge in [0.1, 0.15) is 11.4 Å². The van der Waals surface area contributed by atoms with Crippen molar-refractivity contribution >= 4 is 11.6 Å². The van der Waals surface area contributed by atoms with Crippen LogP contribution in [-0.2, 0) is 0 Å². The third-order valence-corrected chi connectivity index (χ3v) is 3.17. The number of anilines is 1. The Morgan fingerprint density at radius 2 is 1.77 bits per heavy atom. The Labute approximate surface area is 127 Å². The number of rotatable bonds is 4. The van der Waals surface area contributed by atoms with E-state index in [1.807, 2.05) is 42.5 Å². The quantitative estimate of drug-likeness (QED) is 0.775. The second-order valence-electron chi connectivity index (χ2n) is 4.54. The molecule has 0 saturated carbocycles. The summed E-state index contributed by atoms with van der Waals surface area (Å²) in [6.07, 6.45) is 0. The van der Waals surface area contributed by atoms with Crippen molar-refractivity contribution in [2.45, 2.75) is 0 Å². The van der Waals surface area contributed by atoms with Gasteiger partial charge < -0.3 is 10.1 Å². The summed E-state index contributed by atoms with van der Waals surface area (Å²) in [6, 6.07) is 16.6. The molecule has 2 aromatic carbocycles. The molecule has 0 bridgehead atoms. The molecule has 6 heteroatoms. The molecular formula is C16H14N4O2. The second kappa shape index (κ2) is 6.09. The lowest BCUT2D eigenvalue weighted by atomic mass is 10.1. The molecule has 1 amide bonds. The lowest BCUT2D eigenvalue weighted by Gasteiger charge is -2.09. The minimum atomic E-state index is -0.350. The van der Waals surface area contributed by atoms with E-state index in [9.17, 15) is 4.79 Å². The van der Waals surface area contributed by atoms with Crippen LogP contribution in [0.15, 0.2) is 54.6 Å². The highest BCUT2D eigenvalue weighted by Crippen LogP contribution is 2.25. The van der Waals surface area contributed by atoms with Crippen molar-refractivity contribution in [3.05, 3.63) is 60.3 Å². The molecule has 22 heavy (non-hydrogen) atoms. The van der Waals surface area contributed by atoms with Gasteiger partial charge >= 0.3 is 0 Å². The fourth-order valence-electron chi connectivity index (χ4n) is 2.12. The van der Waals surface area contributed by atoms with Gasteiger partial charge in [0.2, 0.25) is 0 Å². The highest BCUT2D eigenvalue weighted by atomic mass is 16.5. The summed E-state index contributed by atoms with van der Waals surface area (Å²) in [6.45, 7) is 0. The number of para-hydroxylation sites is 2. The van der Waals surface area contributed by atoms with Crippen LogP contribution < -0.4 is 10.1 Å². The maximum absolute atomic E-state index is 12.4. The van der Waals surface area contributed by atoms with Gasteiger partial charge in [0.15, 0.2) is 5.69 Å². The van der Waals surface area contributed by atoms with Gasteiger partial charge in [-0.15, -0.1) is 0 Å². The van der Waals surface area contributed by atoms with Crippen LogP contribution in [0.2, 0.25) is 0 Å². The van der Waals surface area contributed by atoms with Crippen molar-refractivity contribution in [3.8, 4) is 17.0 Å². The molecule has 6 nitrogen and oxygen atoms in total. The standard InChI is InChI=1S/C16H14N4O2/c1-22-13-10-6-5-9-12(13)17-16(21)15-14(18-20-19-15)11-7-3-2-4-8-11/h2-10H,1H3,(H,17,21)(H,18,19,20). The Morgan fingerprint density at radius 1 is 1.05 bits per heavy atom. The van der Waals surface area contributed by atoms with Crippen LogP contribution in [0.4, 0.5) is 5.69 Å². The van der Waals surface area contributed by atoms with Gasteiger partial charge in [0.05, 0.1) is 12.8 Å². The van der Waals surface area contributed by atoms with Crippen molar-refractivity contribution < 1.29 is 9.53 Å². The lowest BCUT2D eigenvalue weighted by Crippen LogP contribution is -2.14. The maximum Gasteiger partial charge on any atom is 0.278 e. The monoisotopic (exact) mass is 294 g/mol. The van der Waals surface area contributed by atoms with Crippen molar-refractivity contribution in [1.29, 1.82) is 0 Å². The summed E-state index contributed by atoms with van der Waals surface area (Å²) in [5, 5.41) is 13.3. The van der Waals surface area contributed by atoms with E-state index in [1.165, 1.54) is 0 Å². The average Bonchev–Trinajstić information content (AvgIpc) is 3.06. The lowest BCUT2D eigenvalue weighted by molar-refractivity contribution is 0.102. The molecule has 1 heterocycles. The fourth-order valence-corrected chi connectivity index (χ4v) is 2.12. The molecule has 110 valence electrons. The predicted octanol–water partition coefficient (Wildman–Crippen LogP) is 2.73. The Bertz CT molecular complexity index is 784. The first-order valence-electron chi connectivity index (χ1n) is 6.70. The van der Waals surface area contributed by atoms with Gasteiger partial charge in [-0.3, -0.25) is 4.79 Å². The average molecular weight is 294 g/mol. The third-order valence-electron chi connectivity index (χ3n) is 3.17. The first-order chi connectivity index (χ1) is 10.8. The number of nitrogens with zero attached hydrogens (tertiary/aromatic N) is 2. The van der Waals surface area contributed by atoms with Crippen LogP contribution in [0.25, 0.3) is 11.3 Å². The number of hydrogen-bond donors (Lipinski definition) is 2. The van der Waals surface area contributed by atoms with Crippen molar-refractivity contribution in [1.82, 2.24) is 15.4 Å². The van der Waals surface area contributed by atoms with E-state index in [2.05, 4.69) is 20.7 Å². The van der Waals surface area contributed by atoms with Crippen LogP contribution in [0, 0.1) is 0 Å². The van der Waals surface area contributed by atoms with Crippen LogP contribution >= 0.6 is 0 Å². The summed E-state index contributed by atoms with van der Waals surface area (Å²) in [5.74, 6) is 0.234. The van der Waals surface area contributed by atoms with Crippen LogP contribution in [0.3, 0.4) is 0 Å². The Kier molecular flexibility index (Phi) is 3.82.